The number of hydrogen-bond donors (Lipinski definition) is 1. The molecule has 0 amide bonds. The Hall–Kier alpha value is -3.48. The minimum atomic E-state index is -0.438. The van der Waals surface area contributed by atoms with Gasteiger partial charge in [0.15, 0.2) is 17.2 Å². The molecule has 1 aliphatic heterocycles. The highest BCUT2D eigenvalue weighted by Gasteiger charge is 2.27. The Kier molecular flexibility index (Phi) is 4.89. The largest absolute Gasteiger partial charge is 0.493 e. The summed E-state index contributed by atoms with van der Waals surface area (Å²) in [5.74, 6) is 2.22. The van der Waals surface area contributed by atoms with Crippen molar-refractivity contribution in [2.45, 2.75) is 12.8 Å². The fourth-order valence-electron chi connectivity index (χ4n) is 3.24. The molecular formula is C21H21N3O4. The third-order valence-corrected chi connectivity index (χ3v) is 4.58. The number of benzene rings is 2. The lowest BCUT2D eigenvalue weighted by Gasteiger charge is -2.17. The normalized spacial score (nSPS) is 12.6. The van der Waals surface area contributed by atoms with Crippen LogP contribution in [0.25, 0.3) is 11.3 Å². The van der Waals surface area contributed by atoms with Gasteiger partial charge in [0.05, 0.1) is 14.2 Å². The Labute approximate surface area is 162 Å². The number of ether oxygens (including phenoxy) is 3. The van der Waals surface area contributed by atoms with Crippen LogP contribution < -0.4 is 14.9 Å². The van der Waals surface area contributed by atoms with E-state index in [2.05, 4.69) is 10.4 Å². The van der Waals surface area contributed by atoms with Gasteiger partial charge in [0, 0.05) is 18.5 Å². The Morgan fingerprint density at radius 2 is 1.93 bits per heavy atom. The molecular weight excluding hydrogens is 358 g/mol. The van der Waals surface area contributed by atoms with Gasteiger partial charge in [-0.25, -0.2) is 14.5 Å². The Morgan fingerprint density at radius 3 is 2.68 bits per heavy atom. The maximum Gasteiger partial charge on any atom is 0.358 e. The second kappa shape index (κ2) is 7.64. The third kappa shape index (κ3) is 3.26. The number of para-hydroxylation sites is 1. The first-order valence-electron chi connectivity index (χ1n) is 9.06. The molecule has 0 saturated heterocycles. The average molecular weight is 379 g/mol. The van der Waals surface area contributed by atoms with E-state index < -0.39 is 5.97 Å². The number of carbonyl (C=O) groups is 1. The molecule has 144 valence electrons. The van der Waals surface area contributed by atoms with Gasteiger partial charge in [-0.2, -0.15) is 0 Å². The van der Waals surface area contributed by atoms with Crippen molar-refractivity contribution >= 4 is 5.97 Å². The molecule has 0 fully saturated rings. The maximum atomic E-state index is 12.4. The monoisotopic (exact) mass is 379 g/mol. The summed E-state index contributed by atoms with van der Waals surface area (Å²) < 4.78 is 18.1. The van der Waals surface area contributed by atoms with E-state index in [-0.39, 0.29) is 0 Å². The number of methoxy groups -OCH3 is 2. The van der Waals surface area contributed by atoms with Gasteiger partial charge < -0.3 is 19.6 Å². The molecule has 0 atom stereocenters. The summed E-state index contributed by atoms with van der Waals surface area (Å²) in [6.45, 7) is 0.778. The molecule has 2 heterocycles. The van der Waals surface area contributed by atoms with Gasteiger partial charge in [0.1, 0.15) is 17.3 Å². The first-order chi connectivity index (χ1) is 13.7. The lowest BCUT2D eigenvalue weighted by molar-refractivity contribution is 0.0590. The number of rotatable bonds is 5. The summed E-state index contributed by atoms with van der Waals surface area (Å²) in [5.41, 5.74) is 4.90. The van der Waals surface area contributed by atoms with Crippen LogP contribution in [0.3, 0.4) is 0 Å². The van der Waals surface area contributed by atoms with Crippen molar-refractivity contribution in [3.8, 4) is 28.5 Å². The number of esters is 1. The van der Waals surface area contributed by atoms with Crippen molar-refractivity contribution in [3.63, 3.8) is 0 Å². The predicted molar refractivity (Wildman–Crippen MR) is 105 cm³/mol. The lowest BCUT2D eigenvalue weighted by Crippen LogP contribution is -2.28. The summed E-state index contributed by atoms with van der Waals surface area (Å²) in [4.78, 5) is 17.1. The van der Waals surface area contributed by atoms with Crippen LogP contribution in [0.2, 0.25) is 0 Å². The van der Waals surface area contributed by atoms with Crippen molar-refractivity contribution in [2.24, 2.45) is 0 Å². The third-order valence-electron chi connectivity index (χ3n) is 4.58. The van der Waals surface area contributed by atoms with Crippen molar-refractivity contribution in [1.82, 2.24) is 9.66 Å². The molecule has 0 spiro atoms. The quantitative estimate of drug-likeness (QED) is 0.683. The van der Waals surface area contributed by atoms with Gasteiger partial charge in [-0.05, 0) is 36.8 Å². The van der Waals surface area contributed by atoms with E-state index in [1.165, 1.54) is 7.11 Å². The smallest absolute Gasteiger partial charge is 0.358 e. The van der Waals surface area contributed by atoms with E-state index in [0.29, 0.717) is 28.6 Å². The van der Waals surface area contributed by atoms with Crippen molar-refractivity contribution in [1.29, 1.82) is 0 Å². The van der Waals surface area contributed by atoms with Crippen molar-refractivity contribution in [3.05, 3.63) is 60.0 Å². The van der Waals surface area contributed by atoms with Crippen LogP contribution >= 0.6 is 0 Å². The van der Waals surface area contributed by atoms with E-state index in [4.69, 9.17) is 14.2 Å². The van der Waals surface area contributed by atoms with Crippen molar-refractivity contribution in [2.75, 3.05) is 26.2 Å². The lowest BCUT2D eigenvalue weighted by atomic mass is 10.1. The van der Waals surface area contributed by atoms with Crippen LogP contribution in [0.4, 0.5) is 0 Å². The number of hydrogen-bond acceptors (Lipinski definition) is 6. The van der Waals surface area contributed by atoms with E-state index in [9.17, 15) is 4.79 Å². The van der Waals surface area contributed by atoms with Gasteiger partial charge in [-0.1, -0.05) is 18.2 Å². The number of imidazole rings is 1. The van der Waals surface area contributed by atoms with Crippen LogP contribution in [0, 0.1) is 0 Å². The molecule has 1 aliphatic rings. The molecule has 7 heteroatoms. The standard InChI is InChI=1S/C21H21N3O4/c1-26-17-13-14(10-11-16(17)28-15-7-4-3-5-8-15)19-20(21(25)27-2)24-18(23-19)9-6-12-22-24/h3-5,7-8,10-11,13,22H,6,9,12H2,1-2H3. The van der Waals surface area contributed by atoms with Gasteiger partial charge in [0.25, 0.3) is 0 Å². The van der Waals surface area contributed by atoms with E-state index in [1.54, 1.807) is 11.8 Å². The van der Waals surface area contributed by atoms with E-state index >= 15 is 0 Å². The van der Waals surface area contributed by atoms with Gasteiger partial charge in [-0.15, -0.1) is 0 Å². The van der Waals surface area contributed by atoms with E-state index in [0.717, 1.165) is 30.8 Å². The Balaban J connectivity index is 1.75. The summed E-state index contributed by atoms with van der Waals surface area (Å²) in [7, 11) is 2.95. The van der Waals surface area contributed by atoms with Crippen LogP contribution in [-0.2, 0) is 11.2 Å². The highest BCUT2D eigenvalue weighted by molar-refractivity contribution is 5.95. The molecule has 1 aromatic heterocycles. The second-order valence-electron chi connectivity index (χ2n) is 6.34. The van der Waals surface area contributed by atoms with Crippen LogP contribution in [0.1, 0.15) is 22.7 Å². The zero-order valence-electron chi connectivity index (χ0n) is 15.8. The number of nitrogens with one attached hydrogen (secondary N) is 1. The highest BCUT2D eigenvalue weighted by Crippen LogP contribution is 2.36. The molecule has 0 bridgehead atoms. The van der Waals surface area contributed by atoms with Crippen LogP contribution in [0.5, 0.6) is 17.2 Å². The van der Waals surface area contributed by atoms with Crippen LogP contribution in [-0.4, -0.2) is 36.4 Å². The van der Waals surface area contributed by atoms with E-state index in [1.807, 2.05) is 48.5 Å². The number of aryl methyl sites for hydroxylation is 1. The zero-order chi connectivity index (χ0) is 19.5. The zero-order valence-corrected chi connectivity index (χ0v) is 15.8. The van der Waals surface area contributed by atoms with Crippen molar-refractivity contribution < 1.29 is 19.0 Å². The molecule has 0 aliphatic carbocycles. The topological polar surface area (TPSA) is 74.6 Å². The number of aromatic nitrogens is 2. The Morgan fingerprint density at radius 1 is 1.11 bits per heavy atom. The molecule has 0 radical (unpaired) electrons. The fourth-order valence-corrected chi connectivity index (χ4v) is 3.24. The van der Waals surface area contributed by atoms with Gasteiger partial charge >= 0.3 is 5.97 Å². The molecule has 3 aromatic rings. The fraction of sp³-hybridized carbons (Fsp3) is 0.238. The molecule has 4 rings (SSSR count). The first kappa shape index (κ1) is 17.9. The highest BCUT2D eigenvalue weighted by atomic mass is 16.5. The number of nitrogens with zero attached hydrogens (tertiary/aromatic N) is 2. The summed E-state index contributed by atoms with van der Waals surface area (Å²) in [6, 6.07) is 15.0. The maximum absolute atomic E-state index is 12.4. The first-order valence-corrected chi connectivity index (χ1v) is 9.06. The Bertz CT molecular complexity index is 998. The molecule has 2 aromatic carbocycles. The minimum Gasteiger partial charge on any atom is -0.493 e. The molecule has 1 N–H and O–H groups in total. The number of fused-ring (bicyclic) bond motifs is 1. The minimum absolute atomic E-state index is 0.385. The molecule has 0 saturated carbocycles. The summed E-state index contributed by atoms with van der Waals surface area (Å²) in [5, 5.41) is 0. The van der Waals surface area contributed by atoms with Crippen LogP contribution in [0.15, 0.2) is 48.5 Å². The number of carbonyl (C=O) groups excluding carboxylic acids is 1. The van der Waals surface area contributed by atoms with Gasteiger partial charge in [0.2, 0.25) is 0 Å². The molecule has 28 heavy (non-hydrogen) atoms. The molecule has 0 unspecified atom stereocenters. The van der Waals surface area contributed by atoms with Gasteiger partial charge in [-0.3, -0.25) is 0 Å². The SMILES string of the molecule is COC(=O)c1c(-c2ccc(Oc3ccccc3)c(OC)c2)nc2n1NCCC2. The predicted octanol–water partition coefficient (Wildman–Crippen LogP) is 3.63. The summed E-state index contributed by atoms with van der Waals surface area (Å²) >= 11 is 0. The summed E-state index contributed by atoms with van der Waals surface area (Å²) in [6.07, 6.45) is 1.76. The second-order valence-corrected chi connectivity index (χ2v) is 6.34. The molecule has 7 nitrogen and oxygen atoms in total. The average Bonchev–Trinajstić information content (AvgIpc) is 3.14.